The molecule has 0 spiro atoms. The maximum atomic E-state index is 14.0. The molecule has 384 valence electrons. The molecular weight excluding hydrogens is 962 g/mol. The van der Waals surface area contributed by atoms with Crippen LogP contribution in [0.25, 0.3) is 22.3 Å². The standard InChI is InChI=1S/C24H27F4N3O3.C13H12F3N3.C10H16FNO4.ClH/c1-14-11-29-17(10-18(14)15-5-8-21(30-12-15)24(26,27)28)6-7-20(32)19-9-16(25)13-31(19)22(33)34-23(2,3)4;1-8-6-18-10(5-17)4-11(8)9-2-3-12(19-7-9)13(14,15)16;1-10(2,3)16-9(15)12-5-6(11)4-7(12)8(13)14;/h5,8,10-12,16,19H,6-7,9,13H2,1-4H3;2-4,6-7H,5,17H2,1H3;6-7H,4-5H2,1-3H3,(H,13,14);1H/t16-,19+;;6-,7+;/m1.1./s1. The second-order valence-electron chi connectivity index (χ2n) is 18.3. The zero-order valence-electron chi connectivity index (χ0n) is 39.6. The summed E-state index contributed by atoms with van der Waals surface area (Å²) in [6.45, 7) is 13.6. The fraction of sp³-hybridized carbons (Fsp3) is 0.489. The number of halogens is 9. The molecule has 6 heterocycles. The fourth-order valence-electron chi connectivity index (χ4n) is 7.02. The number of amides is 2. The van der Waals surface area contributed by atoms with Crippen LogP contribution in [0.15, 0.2) is 61.2 Å². The Bertz CT molecular complexity index is 2430. The molecule has 14 nitrogen and oxygen atoms in total. The summed E-state index contributed by atoms with van der Waals surface area (Å²) in [4.78, 5) is 65.1. The van der Waals surface area contributed by atoms with E-state index in [1.165, 1.54) is 18.3 Å². The summed E-state index contributed by atoms with van der Waals surface area (Å²) in [5, 5.41) is 8.83. The molecule has 4 aromatic rings. The number of hydrogen-bond acceptors (Lipinski definition) is 11. The van der Waals surface area contributed by atoms with E-state index in [9.17, 15) is 54.3 Å². The van der Waals surface area contributed by atoms with Gasteiger partial charge < -0.3 is 20.3 Å². The number of aliphatic carboxylic acids is 1. The molecule has 0 bridgehead atoms. The van der Waals surface area contributed by atoms with E-state index < -0.39 is 77.5 Å². The van der Waals surface area contributed by atoms with Crippen molar-refractivity contribution in [3.05, 3.63) is 95.1 Å². The SMILES string of the molecule is CC(C)(C)OC(=O)N1C[C@H](F)C[C@H]1C(=O)O.Cc1cnc(CCC(=O)[C@@H]2C[C@@H](F)CN2C(=O)OC(C)(C)C)cc1-c1ccc(C(F)(F)F)nc1.Cc1cnc(CN)cc1-c1ccc(C(F)(F)F)nc1.Cl. The number of alkyl halides is 8. The second kappa shape index (κ2) is 23.7. The van der Waals surface area contributed by atoms with Crippen LogP contribution in [0.4, 0.5) is 44.7 Å². The minimum absolute atomic E-state index is 0. The third-order valence-electron chi connectivity index (χ3n) is 10.3. The van der Waals surface area contributed by atoms with Crippen LogP contribution in [0.5, 0.6) is 0 Å². The van der Waals surface area contributed by atoms with Gasteiger partial charge in [-0.15, -0.1) is 12.4 Å². The molecule has 3 N–H and O–H groups in total. The van der Waals surface area contributed by atoms with Crippen LogP contribution in [0.1, 0.15) is 94.7 Å². The van der Waals surface area contributed by atoms with E-state index in [1.54, 1.807) is 73.0 Å². The molecule has 0 saturated carbocycles. The predicted octanol–water partition coefficient (Wildman–Crippen LogP) is 10.1. The molecule has 0 unspecified atom stereocenters. The Balaban J connectivity index is 0.000000304. The zero-order valence-corrected chi connectivity index (χ0v) is 40.4. The van der Waals surface area contributed by atoms with Gasteiger partial charge in [0.1, 0.15) is 41.0 Å². The summed E-state index contributed by atoms with van der Waals surface area (Å²) in [7, 11) is 0. The van der Waals surface area contributed by atoms with Crippen molar-refractivity contribution in [3.63, 3.8) is 0 Å². The number of rotatable bonds is 8. The Morgan fingerprint density at radius 2 is 1.06 bits per heavy atom. The molecule has 4 aromatic heterocycles. The number of carboxylic acids is 1. The first-order valence-corrected chi connectivity index (χ1v) is 21.6. The summed E-state index contributed by atoms with van der Waals surface area (Å²) in [5.41, 5.74) is 7.51. The Morgan fingerprint density at radius 3 is 1.43 bits per heavy atom. The predicted molar refractivity (Wildman–Crippen MR) is 243 cm³/mol. The highest BCUT2D eigenvalue weighted by molar-refractivity contribution is 5.88. The lowest BCUT2D eigenvalue weighted by Crippen LogP contribution is -2.43. The van der Waals surface area contributed by atoms with Crippen LogP contribution in [0.2, 0.25) is 0 Å². The molecule has 23 heteroatoms. The molecule has 0 radical (unpaired) electrons. The van der Waals surface area contributed by atoms with E-state index in [4.69, 9.17) is 20.3 Å². The molecule has 0 aliphatic carbocycles. The molecule has 2 fully saturated rings. The number of nitrogens with zero attached hydrogens (tertiary/aromatic N) is 6. The quantitative estimate of drug-likeness (QED) is 0.159. The molecule has 6 rings (SSSR count). The monoisotopic (exact) mass is 1020 g/mol. The third kappa shape index (κ3) is 16.8. The van der Waals surface area contributed by atoms with Crippen molar-refractivity contribution in [3.8, 4) is 22.3 Å². The van der Waals surface area contributed by atoms with E-state index in [1.807, 2.05) is 6.92 Å². The summed E-state index contributed by atoms with van der Waals surface area (Å²) < 4.78 is 113. The fourth-order valence-corrected chi connectivity index (χ4v) is 7.02. The average Bonchev–Trinajstić information content (AvgIpc) is 3.85. The van der Waals surface area contributed by atoms with Crippen molar-refractivity contribution < 1.29 is 68.9 Å². The molecule has 4 atom stereocenters. The number of ketones is 1. The number of likely N-dealkylation sites (tertiary alicyclic amines) is 2. The van der Waals surface area contributed by atoms with Crippen LogP contribution >= 0.6 is 12.4 Å². The van der Waals surface area contributed by atoms with E-state index in [2.05, 4.69) is 19.9 Å². The van der Waals surface area contributed by atoms with Crippen molar-refractivity contribution >= 4 is 36.3 Å². The van der Waals surface area contributed by atoms with Gasteiger partial charge in [-0.25, -0.2) is 23.2 Å². The number of pyridine rings is 4. The van der Waals surface area contributed by atoms with E-state index in [-0.39, 0.29) is 63.5 Å². The Labute approximate surface area is 405 Å². The van der Waals surface area contributed by atoms with Crippen molar-refractivity contribution in [1.29, 1.82) is 0 Å². The highest BCUT2D eigenvalue weighted by Crippen LogP contribution is 2.32. The number of nitrogens with two attached hydrogens (primary N) is 1. The van der Waals surface area contributed by atoms with Gasteiger partial charge in [-0.3, -0.25) is 34.5 Å². The molecule has 70 heavy (non-hydrogen) atoms. The number of carbonyl (C=O) groups excluding carboxylic acids is 3. The van der Waals surface area contributed by atoms with E-state index >= 15 is 0 Å². The topological polar surface area (TPSA) is 191 Å². The first kappa shape index (κ1) is 58.3. The Morgan fingerprint density at radius 1 is 0.657 bits per heavy atom. The molecular formula is C47H56ClF8N7O7. The van der Waals surface area contributed by atoms with Crippen molar-refractivity contribution in [2.24, 2.45) is 5.73 Å². The van der Waals surface area contributed by atoms with Gasteiger partial charge >= 0.3 is 30.5 Å². The van der Waals surface area contributed by atoms with Gasteiger partial charge in [0.05, 0.1) is 24.8 Å². The smallest absolute Gasteiger partial charge is 0.433 e. The number of hydrogen-bond donors (Lipinski definition) is 2. The lowest BCUT2D eigenvalue weighted by atomic mass is 9.99. The summed E-state index contributed by atoms with van der Waals surface area (Å²) in [6.07, 6.45) is -7.46. The maximum absolute atomic E-state index is 14.0. The van der Waals surface area contributed by atoms with Gasteiger partial charge in [0.2, 0.25) is 0 Å². The highest BCUT2D eigenvalue weighted by atomic mass is 35.5. The molecule has 2 saturated heterocycles. The number of aryl methyl sites for hydroxylation is 3. The number of aromatic nitrogens is 4. The largest absolute Gasteiger partial charge is 0.480 e. The van der Waals surface area contributed by atoms with Crippen molar-refractivity contribution in [1.82, 2.24) is 29.7 Å². The first-order chi connectivity index (χ1) is 31.9. The van der Waals surface area contributed by atoms with Gasteiger partial charge in [-0.1, -0.05) is 12.1 Å². The molecule has 2 aliphatic heterocycles. The third-order valence-corrected chi connectivity index (χ3v) is 10.3. The van der Waals surface area contributed by atoms with Gasteiger partial charge in [0.15, 0.2) is 5.78 Å². The summed E-state index contributed by atoms with van der Waals surface area (Å²) in [6, 6.07) is 6.06. The number of ether oxygens (including phenoxy) is 2. The lowest BCUT2D eigenvalue weighted by molar-refractivity contribution is -0.142. The summed E-state index contributed by atoms with van der Waals surface area (Å²) >= 11 is 0. The molecule has 0 aromatic carbocycles. The number of carboxylic acid groups (broad SMARTS) is 1. The minimum atomic E-state index is -4.52. The van der Waals surface area contributed by atoms with Crippen molar-refractivity contribution in [2.75, 3.05) is 13.1 Å². The average molecular weight is 1020 g/mol. The van der Waals surface area contributed by atoms with Crippen LogP contribution in [-0.2, 0) is 44.4 Å². The van der Waals surface area contributed by atoms with Crippen LogP contribution < -0.4 is 5.73 Å². The van der Waals surface area contributed by atoms with Gasteiger partial charge in [-0.2, -0.15) is 26.3 Å². The first-order valence-electron chi connectivity index (χ1n) is 21.6. The maximum Gasteiger partial charge on any atom is 0.433 e. The highest BCUT2D eigenvalue weighted by Gasteiger charge is 2.43. The van der Waals surface area contributed by atoms with Crippen LogP contribution in [0, 0.1) is 13.8 Å². The molecule has 2 amide bonds. The number of carbonyl (C=O) groups is 4. The summed E-state index contributed by atoms with van der Waals surface area (Å²) in [5.74, 6) is -1.50. The number of Topliss-reactive ketones (excluding diaryl/α,β-unsaturated/α-hetero) is 1. The second-order valence-corrected chi connectivity index (χ2v) is 18.3. The minimum Gasteiger partial charge on any atom is -0.480 e. The Hall–Kier alpha value is -6.03. The van der Waals surface area contributed by atoms with Crippen LogP contribution in [0.3, 0.4) is 0 Å². The van der Waals surface area contributed by atoms with E-state index in [0.29, 0.717) is 28.1 Å². The van der Waals surface area contributed by atoms with Crippen LogP contribution in [-0.4, -0.2) is 107 Å². The van der Waals surface area contributed by atoms with Gasteiger partial charge in [0, 0.05) is 67.4 Å². The normalized spacial score (nSPS) is 18.1. The zero-order chi connectivity index (χ0) is 51.8. The molecule has 2 aliphatic rings. The lowest BCUT2D eigenvalue weighted by Gasteiger charge is -2.27. The van der Waals surface area contributed by atoms with E-state index in [0.717, 1.165) is 44.8 Å². The Kier molecular flexibility index (Phi) is 19.7. The van der Waals surface area contributed by atoms with Gasteiger partial charge in [-0.05, 0) is 108 Å². The van der Waals surface area contributed by atoms with Gasteiger partial charge in [0.25, 0.3) is 0 Å². The van der Waals surface area contributed by atoms with Crippen molar-refractivity contribution in [2.45, 2.75) is 136 Å².